The van der Waals surface area contributed by atoms with Crippen molar-refractivity contribution < 1.29 is 5.11 Å². The molecule has 0 unspecified atom stereocenters. The van der Waals surface area contributed by atoms with Crippen LogP contribution in [-0.2, 0) is 6.42 Å². The van der Waals surface area contributed by atoms with E-state index in [2.05, 4.69) is 15.3 Å². The minimum atomic E-state index is 0.0347. The third-order valence-corrected chi connectivity index (χ3v) is 2.84. The minimum Gasteiger partial charge on any atom is -0.395 e. The Morgan fingerprint density at radius 3 is 2.55 bits per heavy atom. The Labute approximate surface area is 117 Å². The fourth-order valence-electron chi connectivity index (χ4n) is 1.90. The summed E-state index contributed by atoms with van der Waals surface area (Å²) in [7, 11) is 0. The Balaban J connectivity index is 2.24. The van der Waals surface area contributed by atoms with Crippen LogP contribution in [0.1, 0.15) is 5.56 Å². The Hall–Kier alpha value is -2.18. The third kappa shape index (κ3) is 3.66. The summed E-state index contributed by atoms with van der Waals surface area (Å²) in [5.41, 5.74) is 14.1. The number of hydrogen-bond donors (Lipinski definition) is 4. The molecule has 1 aromatic carbocycles. The lowest BCUT2D eigenvalue weighted by atomic mass is 10.1. The zero-order chi connectivity index (χ0) is 14.4. The van der Waals surface area contributed by atoms with Crippen LogP contribution in [0, 0.1) is 0 Å². The highest BCUT2D eigenvalue weighted by molar-refractivity contribution is 5.64. The van der Waals surface area contributed by atoms with E-state index in [9.17, 15) is 0 Å². The molecule has 0 aliphatic heterocycles. The van der Waals surface area contributed by atoms with Crippen LogP contribution in [-0.4, -0.2) is 34.8 Å². The molecule has 0 aliphatic rings. The van der Waals surface area contributed by atoms with Crippen molar-refractivity contribution in [3.63, 3.8) is 0 Å². The van der Waals surface area contributed by atoms with Crippen LogP contribution in [0.5, 0.6) is 0 Å². The first kappa shape index (κ1) is 14.2. The topological polar surface area (TPSA) is 110 Å². The summed E-state index contributed by atoms with van der Waals surface area (Å²) in [6, 6.07) is 9.85. The summed E-state index contributed by atoms with van der Waals surface area (Å²) in [6.07, 6.45) is 0.857. The van der Waals surface area contributed by atoms with Gasteiger partial charge in [-0.25, -0.2) is 4.98 Å². The summed E-state index contributed by atoms with van der Waals surface area (Å²) in [5.74, 6) is 0.807. The summed E-state index contributed by atoms with van der Waals surface area (Å²) in [6.45, 7) is 1.09. The molecule has 1 heterocycles. The van der Waals surface area contributed by atoms with Crippen molar-refractivity contribution in [1.82, 2.24) is 9.97 Å². The molecule has 0 amide bonds. The van der Waals surface area contributed by atoms with Gasteiger partial charge in [-0.15, -0.1) is 0 Å². The van der Waals surface area contributed by atoms with E-state index in [-0.39, 0.29) is 12.6 Å². The molecule has 0 radical (unpaired) electrons. The van der Waals surface area contributed by atoms with Crippen LogP contribution in [0.25, 0.3) is 11.3 Å². The minimum absolute atomic E-state index is 0.0347. The van der Waals surface area contributed by atoms with E-state index in [0.29, 0.717) is 18.9 Å². The van der Waals surface area contributed by atoms with Crippen molar-refractivity contribution in [2.45, 2.75) is 6.42 Å². The molecule has 0 saturated carbocycles. The largest absolute Gasteiger partial charge is 0.395 e. The number of aliphatic hydroxyl groups excluding tert-OH is 1. The van der Waals surface area contributed by atoms with Crippen molar-refractivity contribution in [2.75, 3.05) is 30.7 Å². The van der Waals surface area contributed by atoms with Gasteiger partial charge in [-0.05, 0) is 18.5 Å². The predicted octanol–water partition coefficient (Wildman–Crippen LogP) is 0.631. The van der Waals surface area contributed by atoms with E-state index >= 15 is 0 Å². The lowest BCUT2D eigenvalue weighted by molar-refractivity contribution is 0.311. The van der Waals surface area contributed by atoms with Gasteiger partial charge >= 0.3 is 0 Å². The molecule has 6 N–H and O–H groups in total. The Kier molecular flexibility index (Phi) is 4.86. The highest BCUT2D eigenvalue weighted by Gasteiger charge is 2.05. The smallest absolute Gasteiger partial charge is 0.222 e. The molecular formula is C14H19N5O. The predicted molar refractivity (Wildman–Crippen MR) is 80.2 cm³/mol. The van der Waals surface area contributed by atoms with Gasteiger partial charge in [-0.3, -0.25) is 0 Å². The van der Waals surface area contributed by atoms with Crippen LogP contribution in [0.3, 0.4) is 0 Å². The number of benzene rings is 1. The first-order valence-electron chi connectivity index (χ1n) is 6.51. The van der Waals surface area contributed by atoms with Crippen LogP contribution in [0.15, 0.2) is 30.3 Å². The highest BCUT2D eigenvalue weighted by atomic mass is 16.3. The summed E-state index contributed by atoms with van der Waals surface area (Å²) in [4.78, 5) is 8.30. The number of anilines is 2. The lowest BCUT2D eigenvalue weighted by Crippen LogP contribution is -2.09. The summed E-state index contributed by atoms with van der Waals surface area (Å²) in [5, 5.41) is 11.8. The first-order chi connectivity index (χ1) is 9.72. The van der Waals surface area contributed by atoms with Gasteiger partial charge < -0.3 is 21.9 Å². The number of nitrogen functional groups attached to an aromatic ring is 1. The zero-order valence-electron chi connectivity index (χ0n) is 11.2. The van der Waals surface area contributed by atoms with Crippen molar-refractivity contribution in [1.29, 1.82) is 0 Å². The molecular weight excluding hydrogens is 254 g/mol. The van der Waals surface area contributed by atoms with Gasteiger partial charge in [0.15, 0.2) is 0 Å². The molecule has 0 spiro atoms. The van der Waals surface area contributed by atoms with E-state index in [1.54, 1.807) is 0 Å². The molecule has 0 atom stereocenters. The maximum absolute atomic E-state index is 8.82. The molecule has 106 valence electrons. The van der Waals surface area contributed by atoms with Gasteiger partial charge in [0, 0.05) is 18.2 Å². The van der Waals surface area contributed by atoms with Gasteiger partial charge in [0.05, 0.1) is 12.3 Å². The molecule has 6 heteroatoms. The fraction of sp³-hybridized carbons (Fsp3) is 0.286. The van der Waals surface area contributed by atoms with Crippen LogP contribution in [0.4, 0.5) is 11.8 Å². The maximum Gasteiger partial charge on any atom is 0.222 e. The molecule has 2 rings (SSSR count). The van der Waals surface area contributed by atoms with Crippen molar-refractivity contribution in [2.24, 2.45) is 5.73 Å². The average molecular weight is 273 g/mol. The van der Waals surface area contributed by atoms with Gasteiger partial charge in [-0.1, -0.05) is 24.3 Å². The summed E-state index contributed by atoms with van der Waals surface area (Å²) >= 11 is 0. The van der Waals surface area contributed by atoms with Gasteiger partial charge in [-0.2, -0.15) is 4.98 Å². The normalized spacial score (nSPS) is 10.5. The molecule has 0 bridgehead atoms. The number of aromatic nitrogens is 2. The van der Waals surface area contributed by atoms with Gasteiger partial charge in [0.2, 0.25) is 5.95 Å². The van der Waals surface area contributed by atoms with Gasteiger partial charge in [0.25, 0.3) is 0 Å². The highest BCUT2D eigenvalue weighted by Crippen LogP contribution is 2.21. The first-order valence-corrected chi connectivity index (χ1v) is 6.51. The number of nitrogens with zero attached hydrogens (tertiary/aromatic N) is 2. The molecule has 6 nitrogen and oxygen atoms in total. The molecule has 0 saturated heterocycles. The fourth-order valence-corrected chi connectivity index (χ4v) is 1.90. The van der Waals surface area contributed by atoms with E-state index in [0.717, 1.165) is 17.7 Å². The maximum atomic E-state index is 8.82. The number of nitrogens with one attached hydrogen (secondary N) is 1. The third-order valence-electron chi connectivity index (χ3n) is 2.84. The van der Waals surface area contributed by atoms with Crippen molar-refractivity contribution in [3.8, 4) is 11.3 Å². The summed E-state index contributed by atoms with van der Waals surface area (Å²) < 4.78 is 0. The molecule has 0 fully saturated rings. The van der Waals surface area contributed by atoms with E-state index in [4.69, 9.17) is 16.6 Å². The van der Waals surface area contributed by atoms with Crippen molar-refractivity contribution in [3.05, 3.63) is 35.9 Å². The Bertz CT molecular complexity index is 556. The van der Waals surface area contributed by atoms with Crippen LogP contribution in [0.2, 0.25) is 0 Å². The van der Waals surface area contributed by atoms with Gasteiger partial charge in [0.1, 0.15) is 5.82 Å². The second kappa shape index (κ2) is 6.83. The Morgan fingerprint density at radius 2 is 1.90 bits per heavy atom. The standard InChI is InChI=1S/C14H19N5O/c15-6-5-10-1-3-11(4-2-10)12-9-13(17-7-8-20)19-14(16)18-12/h1-4,9,20H,5-8,15H2,(H3,16,17,18,19). The molecule has 2 aromatic rings. The molecule has 1 aromatic heterocycles. The van der Waals surface area contributed by atoms with E-state index in [1.807, 2.05) is 30.3 Å². The van der Waals surface area contributed by atoms with E-state index < -0.39 is 0 Å². The van der Waals surface area contributed by atoms with E-state index in [1.165, 1.54) is 5.56 Å². The molecule has 20 heavy (non-hydrogen) atoms. The van der Waals surface area contributed by atoms with Crippen LogP contribution >= 0.6 is 0 Å². The quantitative estimate of drug-likeness (QED) is 0.614. The monoisotopic (exact) mass is 273 g/mol. The van der Waals surface area contributed by atoms with Crippen molar-refractivity contribution >= 4 is 11.8 Å². The second-order valence-corrected chi connectivity index (χ2v) is 4.38. The Morgan fingerprint density at radius 1 is 1.15 bits per heavy atom. The number of rotatable bonds is 6. The second-order valence-electron chi connectivity index (χ2n) is 4.38. The SMILES string of the molecule is NCCc1ccc(-c2cc(NCCO)nc(N)n2)cc1. The number of aliphatic hydroxyl groups is 1. The average Bonchev–Trinajstić information content (AvgIpc) is 2.46. The number of hydrogen-bond acceptors (Lipinski definition) is 6. The molecule has 0 aliphatic carbocycles. The zero-order valence-corrected chi connectivity index (χ0v) is 11.2. The lowest BCUT2D eigenvalue weighted by Gasteiger charge is -2.08. The van der Waals surface area contributed by atoms with Crippen LogP contribution < -0.4 is 16.8 Å². The number of nitrogens with two attached hydrogens (primary N) is 2.